The molecule has 0 aromatic heterocycles. The van der Waals surface area contributed by atoms with Gasteiger partial charge in [-0.2, -0.15) is 0 Å². The number of ketones is 2. The Morgan fingerprint density at radius 3 is 1.37 bits per heavy atom. The smallest absolute Gasteiger partial charge is 0.317 e. The molecule has 0 aromatic carbocycles. The highest BCUT2D eigenvalue weighted by Gasteiger charge is 2.56. The summed E-state index contributed by atoms with van der Waals surface area (Å²) in [5.74, 6) is -5.04. The molecule has 2 fully saturated rings. The Morgan fingerprint density at radius 1 is 0.763 bits per heavy atom. The van der Waals surface area contributed by atoms with Crippen LogP contribution in [0.25, 0.3) is 0 Å². The molecule has 0 radical (unpaired) electrons. The summed E-state index contributed by atoms with van der Waals surface area (Å²) >= 11 is 0. The number of hydrogen-bond acceptors (Lipinski definition) is 14. The Bertz CT molecular complexity index is 767. The molecular weight excluding hydrogens is 508 g/mol. The van der Waals surface area contributed by atoms with E-state index in [2.05, 4.69) is 24.7 Å². The molecule has 0 saturated carbocycles. The number of ether oxygens (including phenoxy) is 4. The fourth-order valence-electron chi connectivity index (χ4n) is 3.84. The Labute approximate surface area is 221 Å². The number of nitrogens with zero attached hydrogens (tertiary/aromatic N) is 1. The standard InChI is InChI=1S/C12H17NO5.C7H10O5.C4H6O2.CH5N/c1-13-6-4-5-7(13)9(12(16)18-3)10(14)8(6)11(15)17-2;1-11-6(9)3-5(8)4-7(10)12-2;5-3-1-2-4-6;1-2/h6-9H,4-5H2,1-3H3;3-4H2,1-2H3;3-4H,1-2H2;2H2,1H3. The van der Waals surface area contributed by atoms with Gasteiger partial charge < -0.3 is 34.3 Å². The van der Waals surface area contributed by atoms with Gasteiger partial charge in [-0.3, -0.25) is 33.7 Å². The van der Waals surface area contributed by atoms with Crippen molar-refractivity contribution in [1.82, 2.24) is 4.90 Å². The van der Waals surface area contributed by atoms with Gasteiger partial charge in [0.1, 0.15) is 37.2 Å². The van der Waals surface area contributed by atoms with Crippen molar-refractivity contribution < 1.29 is 57.3 Å². The molecule has 0 aromatic rings. The summed E-state index contributed by atoms with van der Waals surface area (Å²) in [6.45, 7) is 0. The summed E-state index contributed by atoms with van der Waals surface area (Å²) in [5, 5.41) is 0. The first-order chi connectivity index (χ1) is 18.0. The summed E-state index contributed by atoms with van der Waals surface area (Å²) in [6.07, 6.45) is 2.87. The number of piperidine rings is 1. The first kappa shape index (κ1) is 36.6. The number of Topliss-reactive ketones (excluding diaryl/α,β-unsaturated/α-hetero) is 2. The number of fused-ring (bicyclic) bond motifs is 2. The summed E-state index contributed by atoms with van der Waals surface area (Å²) in [5.41, 5.74) is 4.50. The van der Waals surface area contributed by atoms with Crippen LogP contribution >= 0.6 is 0 Å². The molecule has 0 amide bonds. The van der Waals surface area contributed by atoms with Crippen LogP contribution in [-0.4, -0.2) is 108 Å². The molecule has 4 unspecified atom stereocenters. The van der Waals surface area contributed by atoms with Crippen LogP contribution in [0.5, 0.6) is 0 Å². The van der Waals surface area contributed by atoms with Crippen LogP contribution in [0.3, 0.4) is 0 Å². The lowest BCUT2D eigenvalue weighted by Gasteiger charge is -2.38. The lowest BCUT2D eigenvalue weighted by atomic mass is 9.81. The number of esters is 4. The largest absolute Gasteiger partial charge is 0.469 e. The van der Waals surface area contributed by atoms with Gasteiger partial charge in [0.05, 0.1) is 28.4 Å². The second-order valence-corrected chi connectivity index (χ2v) is 7.74. The van der Waals surface area contributed by atoms with Crippen LogP contribution in [0.2, 0.25) is 0 Å². The van der Waals surface area contributed by atoms with E-state index in [1.165, 1.54) is 35.5 Å². The minimum atomic E-state index is -0.872. The SMILES string of the molecule is CN.COC(=O)C1C(=O)C(C(=O)OC)C2CCC1N2C.COC(=O)CC(=O)CC(=O)OC.O=CCCC=O. The van der Waals surface area contributed by atoms with Crippen molar-refractivity contribution in [3.8, 4) is 0 Å². The average molecular weight is 547 g/mol. The molecule has 2 aliphatic rings. The van der Waals surface area contributed by atoms with Crippen molar-refractivity contribution in [2.45, 2.75) is 50.6 Å². The summed E-state index contributed by atoms with van der Waals surface area (Å²) < 4.78 is 17.8. The maximum absolute atomic E-state index is 12.3. The molecule has 2 heterocycles. The topological polar surface area (TPSA) is 203 Å². The highest BCUT2D eigenvalue weighted by molar-refractivity contribution is 6.10. The minimum Gasteiger partial charge on any atom is -0.469 e. The van der Waals surface area contributed by atoms with Crippen LogP contribution in [0.1, 0.15) is 38.5 Å². The molecule has 2 saturated heterocycles. The van der Waals surface area contributed by atoms with Crippen molar-refractivity contribution in [3.05, 3.63) is 0 Å². The number of carbonyl (C=O) groups excluding carboxylic acids is 8. The van der Waals surface area contributed by atoms with Gasteiger partial charge in [-0.05, 0) is 26.9 Å². The third-order valence-electron chi connectivity index (χ3n) is 5.64. The number of rotatable bonds is 9. The second-order valence-electron chi connectivity index (χ2n) is 7.74. The van der Waals surface area contributed by atoms with E-state index in [0.29, 0.717) is 12.8 Å². The van der Waals surface area contributed by atoms with Gasteiger partial charge in [-0.1, -0.05) is 0 Å². The summed E-state index contributed by atoms with van der Waals surface area (Å²) in [6, 6.07) is -0.313. The van der Waals surface area contributed by atoms with Gasteiger partial charge in [-0.15, -0.1) is 0 Å². The zero-order chi connectivity index (χ0) is 29.8. The molecule has 2 N–H and O–H groups in total. The molecule has 0 aliphatic carbocycles. The first-order valence-corrected chi connectivity index (χ1v) is 11.6. The number of methoxy groups -OCH3 is 4. The molecule has 2 aliphatic heterocycles. The van der Waals surface area contributed by atoms with Gasteiger partial charge in [-0.25, -0.2) is 0 Å². The van der Waals surface area contributed by atoms with E-state index in [0.717, 1.165) is 25.4 Å². The molecule has 2 rings (SSSR count). The third kappa shape index (κ3) is 11.7. The van der Waals surface area contributed by atoms with Crippen molar-refractivity contribution in [2.75, 3.05) is 42.5 Å². The van der Waals surface area contributed by atoms with E-state index in [1.54, 1.807) is 0 Å². The van der Waals surface area contributed by atoms with Crippen LogP contribution in [0, 0.1) is 11.8 Å². The number of unbranched alkanes of at least 4 members (excludes halogenated alkanes) is 1. The second kappa shape index (κ2) is 20.5. The molecule has 216 valence electrons. The van der Waals surface area contributed by atoms with Crippen molar-refractivity contribution in [3.63, 3.8) is 0 Å². The van der Waals surface area contributed by atoms with Gasteiger partial charge in [0.25, 0.3) is 0 Å². The summed E-state index contributed by atoms with van der Waals surface area (Å²) in [7, 11) is 8.19. The molecule has 14 nitrogen and oxygen atoms in total. The molecule has 14 heteroatoms. The number of aldehydes is 2. The fraction of sp³-hybridized carbons (Fsp3) is 0.667. The molecule has 4 atom stereocenters. The maximum atomic E-state index is 12.3. The predicted molar refractivity (Wildman–Crippen MR) is 130 cm³/mol. The Balaban J connectivity index is 0. The molecule has 38 heavy (non-hydrogen) atoms. The lowest BCUT2D eigenvalue weighted by Crippen LogP contribution is -2.57. The van der Waals surface area contributed by atoms with Crippen LogP contribution < -0.4 is 5.73 Å². The van der Waals surface area contributed by atoms with Gasteiger partial charge in [0, 0.05) is 24.9 Å². The average Bonchev–Trinajstić information content (AvgIpc) is 3.20. The van der Waals surface area contributed by atoms with Gasteiger partial charge >= 0.3 is 23.9 Å². The Kier molecular flexibility index (Phi) is 19.8. The van der Waals surface area contributed by atoms with E-state index in [4.69, 9.17) is 0 Å². The van der Waals surface area contributed by atoms with Crippen molar-refractivity contribution in [1.29, 1.82) is 0 Å². The minimum absolute atomic E-state index is 0.157. The quantitative estimate of drug-likeness (QED) is 0.122. The van der Waals surface area contributed by atoms with Crippen molar-refractivity contribution in [2.24, 2.45) is 17.6 Å². The van der Waals surface area contributed by atoms with Gasteiger partial charge in [0.2, 0.25) is 0 Å². The summed E-state index contributed by atoms with van der Waals surface area (Å²) in [4.78, 5) is 88.3. The maximum Gasteiger partial charge on any atom is 0.317 e. The zero-order valence-corrected chi connectivity index (χ0v) is 22.6. The van der Waals surface area contributed by atoms with Crippen LogP contribution in [0.4, 0.5) is 0 Å². The molecule has 2 bridgehead atoms. The van der Waals surface area contributed by atoms with E-state index in [9.17, 15) is 38.4 Å². The third-order valence-corrected chi connectivity index (χ3v) is 5.64. The van der Waals surface area contributed by atoms with Gasteiger partial charge in [0.15, 0.2) is 11.6 Å². The van der Waals surface area contributed by atoms with E-state index >= 15 is 0 Å². The van der Waals surface area contributed by atoms with E-state index in [1.807, 2.05) is 11.9 Å². The van der Waals surface area contributed by atoms with Crippen LogP contribution in [0.15, 0.2) is 0 Å². The lowest BCUT2D eigenvalue weighted by molar-refractivity contribution is -0.163. The van der Waals surface area contributed by atoms with E-state index < -0.39 is 41.5 Å². The number of carbonyl (C=O) groups is 8. The first-order valence-electron chi connectivity index (χ1n) is 11.6. The Morgan fingerprint density at radius 2 is 1.11 bits per heavy atom. The highest BCUT2D eigenvalue weighted by Crippen LogP contribution is 2.40. The number of nitrogens with two attached hydrogens (primary N) is 1. The van der Waals surface area contributed by atoms with E-state index in [-0.39, 0.29) is 30.7 Å². The molecular formula is C24H38N2O12. The number of hydrogen-bond donors (Lipinski definition) is 1. The predicted octanol–water partition coefficient (Wildman–Crippen LogP) is -0.969. The monoisotopic (exact) mass is 546 g/mol. The van der Waals surface area contributed by atoms with Crippen LogP contribution in [-0.2, 0) is 57.3 Å². The Hall–Kier alpha value is -3.52. The zero-order valence-electron chi connectivity index (χ0n) is 22.6. The fourth-order valence-corrected chi connectivity index (χ4v) is 3.84. The highest BCUT2D eigenvalue weighted by atomic mass is 16.5. The normalized spacial score (nSPS) is 20.9. The molecule has 0 spiro atoms. The van der Waals surface area contributed by atoms with Crippen molar-refractivity contribution >= 4 is 48.0 Å².